The average molecular weight is 301 g/mol. The van der Waals surface area contributed by atoms with Gasteiger partial charge in [0.15, 0.2) is 0 Å². The lowest BCUT2D eigenvalue weighted by molar-refractivity contribution is 0.838. The molecule has 0 spiro atoms. The number of fused-ring (bicyclic) bond motifs is 1. The summed E-state index contributed by atoms with van der Waals surface area (Å²) < 4.78 is 1.09. The molecule has 1 heterocycles. The van der Waals surface area contributed by atoms with Crippen molar-refractivity contribution in [2.24, 2.45) is 0 Å². The summed E-state index contributed by atoms with van der Waals surface area (Å²) in [4.78, 5) is 4.81. The minimum Gasteiger partial charge on any atom is -0.399 e. The van der Waals surface area contributed by atoms with Crippen LogP contribution in [-0.4, -0.2) is 4.98 Å². The van der Waals surface area contributed by atoms with Gasteiger partial charge in [0, 0.05) is 11.1 Å². The van der Waals surface area contributed by atoms with Crippen molar-refractivity contribution >= 4 is 38.8 Å². The van der Waals surface area contributed by atoms with E-state index in [1.165, 1.54) is 10.6 Å². The first-order chi connectivity index (χ1) is 9.69. The summed E-state index contributed by atoms with van der Waals surface area (Å²) in [6.07, 6.45) is 2.29. The predicted molar refractivity (Wildman–Crippen MR) is 85.5 cm³/mol. The van der Waals surface area contributed by atoms with Gasteiger partial charge in [-0.1, -0.05) is 29.8 Å². The maximum Gasteiger partial charge on any atom is 0.104 e. The number of nitrogens with two attached hydrogens (primary N) is 1. The van der Waals surface area contributed by atoms with E-state index in [0.29, 0.717) is 0 Å². The van der Waals surface area contributed by atoms with Gasteiger partial charge in [-0.25, -0.2) is 4.98 Å². The SMILES string of the molecule is Nc1ccc(C2(c3nc4cccc(Cl)c4s3)CC2)cc1. The van der Waals surface area contributed by atoms with E-state index < -0.39 is 0 Å². The van der Waals surface area contributed by atoms with E-state index in [9.17, 15) is 0 Å². The second kappa shape index (κ2) is 4.21. The highest BCUT2D eigenvalue weighted by Gasteiger charge is 2.48. The zero-order valence-corrected chi connectivity index (χ0v) is 12.3. The zero-order valence-electron chi connectivity index (χ0n) is 10.8. The van der Waals surface area contributed by atoms with Gasteiger partial charge in [-0.3, -0.25) is 0 Å². The minimum atomic E-state index is 0.0840. The Labute approximate surface area is 126 Å². The Morgan fingerprint density at radius 1 is 1.10 bits per heavy atom. The predicted octanol–water partition coefficient (Wildman–Crippen LogP) is 4.61. The Bertz CT molecular complexity index is 788. The lowest BCUT2D eigenvalue weighted by Gasteiger charge is -2.12. The fraction of sp³-hybridized carbons (Fsp3) is 0.188. The first-order valence-electron chi connectivity index (χ1n) is 6.61. The van der Waals surface area contributed by atoms with Crippen LogP contribution in [0.2, 0.25) is 5.02 Å². The largest absolute Gasteiger partial charge is 0.399 e. The van der Waals surface area contributed by atoms with Crippen molar-refractivity contribution in [2.75, 3.05) is 5.73 Å². The van der Waals surface area contributed by atoms with Crippen LogP contribution in [0, 0.1) is 0 Å². The average Bonchev–Trinajstić information content (AvgIpc) is 3.13. The van der Waals surface area contributed by atoms with Crippen LogP contribution in [-0.2, 0) is 5.41 Å². The fourth-order valence-corrected chi connectivity index (χ4v) is 4.20. The first-order valence-corrected chi connectivity index (χ1v) is 7.80. The number of anilines is 1. The summed E-state index contributed by atoms with van der Waals surface area (Å²) in [6, 6.07) is 14.1. The molecule has 0 radical (unpaired) electrons. The molecule has 100 valence electrons. The van der Waals surface area contributed by atoms with Gasteiger partial charge in [0.05, 0.1) is 15.2 Å². The van der Waals surface area contributed by atoms with E-state index in [1.807, 2.05) is 30.3 Å². The number of hydrogen-bond donors (Lipinski definition) is 1. The van der Waals surface area contributed by atoms with E-state index >= 15 is 0 Å². The number of rotatable bonds is 2. The van der Waals surface area contributed by atoms with E-state index in [1.54, 1.807) is 11.3 Å². The van der Waals surface area contributed by atoms with Crippen LogP contribution in [0.4, 0.5) is 5.69 Å². The summed E-state index contributed by atoms with van der Waals surface area (Å²) in [5.41, 5.74) is 8.97. The molecule has 2 N–H and O–H groups in total. The molecule has 1 aliphatic carbocycles. The highest BCUT2D eigenvalue weighted by atomic mass is 35.5. The van der Waals surface area contributed by atoms with Crippen molar-refractivity contribution in [3.05, 3.63) is 58.1 Å². The molecule has 0 atom stereocenters. The Kier molecular flexibility index (Phi) is 2.56. The molecule has 1 aliphatic rings. The van der Waals surface area contributed by atoms with Gasteiger partial charge < -0.3 is 5.73 Å². The molecule has 4 heteroatoms. The molecule has 4 rings (SSSR count). The van der Waals surface area contributed by atoms with Gasteiger partial charge in [-0.15, -0.1) is 11.3 Å². The minimum absolute atomic E-state index is 0.0840. The van der Waals surface area contributed by atoms with Crippen LogP contribution in [0.1, 0.15) is 23.4 Å². The van der Waals surface area contributed by atoms with Crippen molar-refractivity contribution in [3.63, 3.8) is 0 Å². The van der Waals surface area contributed by atoms with Gasteiger partial charge in [-0.2, -0.15) is 0 Å². The topological polar surface area (TPSA) is 38.9 Å². The molecule has 0 saturated heterocycles. The molecule has 2 aromatic carbocycles. The third-order valence-corrected chi connectivity index (χ3v) is 5.73. The second-order valence-corrected chi connectivity index (χ2v) is 6.72. The quantitative estimate of drug-likeness (QED) is 0.702. The van der Waals surface area contributed by atoms with E-state index in [4.69, 9.17) is 22.3 Å². The number of benzene rings is 2. The number of halogens is 1. The second-order valence-electron chi connectivity index (χ2n) is 5.31. The fourth-order valence-electron chi connectivity index (χ4n) is 2.67. The summed E-state index contributed by atoms with van der Waals surface area (Å²) in [6.45, 7) is 0. The molecule has 0 aliphatic heterocycles. The molecular formula is C16H13ClN2S. The Morgan fingerprint density at radius 3 is 2.50 bits per heavy atom. The van der Waals surface area contributed by atoms with Crippen molar-refractivity contribution in [1.82, 2.24) is 4.98 Å². The Balaban J connectivity index is 1.86. The summed E-state index contributed by atoms with van der Waals surface area (Å²) in [7, 11) is 0. The molecule has 3 aromatic rings. The molecule has 1 fully saturated rings. The number of nitrogen functional groups attached to an aromatic ring is 1. The lowest BCUT2D eigenvalue weighted by Crippen LogP contribution is -2.07. The highest BCUT2D eigenvalue weighted by molar-refractivity contribution is 7.19. The summed E-state index contributed by atoms with van der Waals surface area (Å²) in [5.74, 6) is 0. The monoisotopic (exact) mass is 300 g/mol. The molecule has 1 saturated carbocycles. The summed E-state index contributed by atoms with van der Waals surface area (Å²) >= 11 is 7.98. The van der Waals surface area contributed by atoms with Crippen molar-refractivity contribution in [1.29, 1.82) is 0 Å². The first kappa shape index (κ1) is 12.2. The van der Waals surface area contributed by atoms with Crippen LogP contribution >= 0.6 is 22.9 Å². The molecule has 0 amide bonds. The Hall–Kier alpha value is -1.58. The number of aromatic nitrogens is 1. The standard InChI is InChI=1S/C16H13ClN2S/c17-12-2-1-3-13-14(12)20-15(19-13)16(8-9-16)10-4-6-11(18)7-5-10/h1-7H,8-9,18H2. The van der Waals surface area contributed by atoms with Crippen LogP contribution < -0.4 is 5.73 Å². The molecule has 0 bridgehead atoms. The van der Waals surface area contributed by atoms with Gasteiger partial charge in [-0.05, 0) is 42.7 Å². The zero-order chi connectivity index (χ0) is 13.7. The van der Waals surface area contributed by atoms with Crippen LogP contribution in [0.3, 0.4) is 0 Å². The maximum absolute atomic E-state index is 6.26. The normalized spacial score (nSPS) is 16.4. The third-order valence-electron chi connectivity index (χ3n) is 3.99. The van der Waals surface area contributed by atoms with Gasteiger partial charge in [0.25, 0.3) is 0 Å². The van der Waals surface area contributed by atoms with E-state index in [0.717, 1.165) is 33.8 Å². The van der Waals surface area contributed by atoms with Gasteiger partial charge >= 0.3 is 0 Å². The van der Waals surface area contributed by atoms with E-state index in [2.05, 4.69) is 12.1 Å². The number of hydrogen-bond acceptors (Lipinski definition) is 3. The molecular weight excluding hydrogens is 288 g/mol. The van der Waals surface area contributed by atoms with Crippen molar-refractivity contribution < 1.29 is 0 Å². The van der Waals surface area contributed by atoms with Crippen LogP contribution in [0.25, 0.3) is 10.2 Å². The molecule has 20 heavy (non-hydrogen) atoms. The highest BCUT2D eigenvalue weighted by Crippen LogP contribution is 2.55. The Morgan fingerprint density at radius 2 is 1.85 bits per heavy atom. The van der Waals surface area contributed by atoms with Crippen molar-refractivity contribution in [2.45, 2.75) is 18.3 Å². The smallest absolute Gasteiger partial charge is 0.104 e. The molecule has 0 unspecified atom stereocenters. The summed E-state index contributed by atoms with van der Waals surface area (Å²) in [5, 5.41) is 1.96. The van der Waals surface area contributed by atoms with Crippen molar-refractivity contribution in [3.8, 4) is 0 Å². The maximum atomic E-state index is 6.26. The number of nitrogens with zero attached hydrogens (tertiary/aromatic N) is 1. The van der Waals surface area contributed by atoms with Gasteiger partial charge in [0.1, 0.15) is 5.01 Å². The van der Waals surface area contributed by atoms with Crippen LogP contribution in [0.15, 0.2) is 42.5 Å². The number of thiazole rings is 1. The third kappa shape index (κ3) is 1.74. The van der Waals surface area contributed by atoms with Crippen LogP contribution in [0.5, 0.6) is 0 Å². The lowest BCUT2D eigenvalue weighted by atomic mass is 9.96. The van der Waals surface area contributed by atoms with E-state index in [-0.39, 0.29) is 5.41 Å². The van der Waals surface area contributed by atoms with Gasteiger partial charge in [0.2, 0.25) is 0 Å². The molecule has 2 nitrogen and oxygen atoms in total. The molecule has 1 aromatic heterocycles.